The molecule has 4 nitrogen and oxygen atoms in total. The molecule has 10 heteroatoms. The number of thiazole rings is 1. The molecule has 0 unspecified atom stereocenters. The fraction of sp³-hybridized carbons (Fsp3) is 0. The van der Waals surface area contributed by atoms with E-state index in [1.165, 1.54) is 18.2 Å². The second kappa shape index (κ2) is 6.20. The molecule has 0 aliphatic carbocycles. The monoisotopic (exact) mass is 372 g/mol. The molecular formula is C15H5F5N2O2S. The lowest BCUT2D eigenvalue weighted by atomic mass is 10.1. The number of fused-ring (bicyclic) bond motifs is 1. The van der Waals surface area contributed by atoms with Crippen LogP contribution in [0, 0.1) is 39.2 Å². The molecule has 0 saturated carbocycles. The zero-order valence-corrected chi connectivity index (χ0v) is 12.7. The highest BCUT2D eigenvalue weighted by atomic mass is 32.1. The fourth-order valence-corrected chi connectivity index (χ4v) is 2.94. The Balaban J connectivity index is 2.03. The third-order valence-electron chi connectivity index (χ3n) is 3.24. The van der Waals surface area contributed by atoms with E-state index in [1.807, 2.05) is 0 Å². The van der Waals surface area contributed by atoms with Gasteiger partial charge in [-0.2, -0.15) is 0 Å². The van der Waals surface area contributed by atoms with E-state index in [2.05, 4.69) is 4.98 Å². The second-order valence-corrected chi connectivity index (χ2v) is 5.84. The van der Waals surface area contributed by atoms with Crippen LogP contribution in [0.5, 0.6) is 0 Å². The molecule has 1 heterocycles. The van der Waals surface area contributed by atoms with Crippen LogP contribution in [0.3, 0.4) is 0 Å². The van der Waals surface area contributed by atoms with Crippen LogP contribution in [0.2, 0.25) is 0 Å². The third kappa shape index (κ3) is 2.95. The minimum atomic E-state index is -2.24. The summed E-state index contributed by atoms with van der Waals surface area (Å²) in [5.74, 6) is -10.2. The van der Waals surface area contributed by atoms with E-state index >= 15 is 0 Å². The van der Waals surface area contributed by atoms with Gasteiger partial charge in [-0.05, 0) is 18.2 Å². The minimum absolute atomic E-state index is 0.161. The Hall–Kier alpha value is -2.88. The smallest absolute Gasteiger partial charge is 0.258 e. The lowest BCUT2D eigenvalue weighted by Gasteiger charge is -2.03. The number of non-ortho nitro benzene ring substituents is 1. The number of nitro benzene ring substituents is 1. The predicted molar refractivity (Wildman–Crippen MR) is 81.4 cm³/mol. The Morgan fingerprint density at radius 1 is 0.960 bits per heavy atom. The van der Waals surface area contributed by atoms with Crippen LogP contribution >= 0.6 is 11.3 Å². The number of nitrogens with zero attached hydrogens (tertiary/aromatic N) is 2. The van der Waals surface area contributed by atoms with Crippen molar-refractivity contribution in [2.75, 3.05) is 0 Å². The largest absolute Gasteiger partial charge is 0.270 e. The van der Waals surface area contributed by atoms with Crippen molar-refractivity contribution in [3.05, 3.63) is 68.0 Å². The molecule has 0 atom stereocenters. The van der Waals surface area contributed by atoms with Crippen LogP contribution in [-0.2, 0) is 0 Å². The summed E-state index contributed by atoms with van der Waals surface area (Å²) in [5, 5.41) is 10.9. The van der Waals surface area contributed by atoms with E-state index in [0.29, 0.717) is 16.3 Å². The first kappa shape index (κ1) is 17.0. The molecule has 3 aromatic rings. The molecule has 0 radical (unpaired) electrons. The summed E-state index contributed by atoms with van der Waals surface area (Å²) in [7, 11) is 0. The number of nitro groups is 1. The number of benzene rings is 2. The van der Waals surface area contributed by atoms with Crippen LogP contribution in [0.4, 0.5) is 27.6 Å². The van der Waals surface area contributed by atoms with E-state index in [1.54, 1.807) is 0 Å². The van der Waals surface area contributed by atoms with E-state index in [9.17, 15) is 32.1 Å². The second-order valence-electron chi connectivity index (χ2n) is 4.78. The van der Waals surface area contributed by atoms with Crippen molar-refractivity contribution >= 4 is 39.4 Å². The van der Waals surface area contributed by atoms with Gasteiger partial charge in [-0.25, -0.2) is 26.9 Å². The van der Waals surface area contributed by atoms with Gasteiger partial charge >= 0.3 is 0 Å². The highest BCUT2D eigenvalue weighted by molar-refractivity contribution is 7.19. The van der Waals surface area contributed by atoms with E-state index in [4.69, 9.17) is 0 Å². The number of hydrogen-bond acceptors (Lipinski definition) is 4. The highest BCUT2D eigenvalue weighted by Gasteiger charge is 2.24. The molecule has 0 aliphatic heterocycles. The molecule has 0 fully saturated rings. The molecule has 0 bridgehead atoms. The Bertz CT molecular complexity index is 1020. The maximum absolute atomic E-state index is 13.6. The maximum atomic E-state index is 13.6. The van der Waals surface area contributed by atoms with Crippen molar-refractivity contribution in [3.63, 3.8) is 0 Å². The van der Waals surface area contributed by atoms with Crippen molar-refractivity contribution in [2.24, 2.45) is 0 Å². The quantitative estimate of drug-likeness (QED) is 0.212. The summed E-state index contributed by atoms with van der Waals surface area (Å²) in [4.78, 5) is 14.2. The summed E-state index contributed by atoms with van der Waals surface area (Å²) < 4.78 is 66.9. The summed E-state index contributed by atoms with van der Waals surface area (Å²) in [6.45, 7) is 0. The highest BCUT2D eigenvalue weighted by Crippen LogP contribution is 2.29. The van der Waals surface area contributed by atoms with Crippen LogP contribution in [0.25, 0.3) is 22.4 Å². The minimum Gasteiger partial charge on any atom is -0.258 e. The van der Waals surface area contributed by atoms with Crippen molar-refractivity contribution in [2.45, 2.75) is 0 Å². The van der Waals surface area contributed by atoms with Crippen LogP contribution in [0.1, 0.15) is 10.6 Å². The molecule has 0 N–H and O–H groups in total. The molecule has 0 amide bonds. The lowest BCUT2D eigenvalue weighted by molar-refractivity contribution is -0.384. The normalized spacial score (nSPS) is 11.6. The van der Waals surface area contributed by atoms with E-state index < -0.39 is 39.6 Å². The van der Waals surface area contributed by atoms with Gasteiger partial charge in [0.05, 0.1) is 20.7 Å². The van der Waals surface area contributed by atoms with Gasteiger partial charge in [-0.15, -0.1) is 11.3 Å². The van der Waals surface area contributed by atoms with Crippen LogP contribution in [0.15, 0.2) is 18.2 Å². The molecule has 1 aromatic heterocycles. The van der Waals surface area contributed by atoms with Crippen molar-refractivity contribution in [1.82, 2.24) is 4.98 Å². The zero-order valence-electron chi connectivity index (χ0n) is 11.9. The Morgan fingerprint density at radius 2 is 1.56 bits per heavy atom. The van der Waals surface area contributed by atoms with Crippen LogP contribution in [-0.4, -0.2) is 9.91 Å². The van der Waals surface area contributed by atoms with Gasteiger partial charge in [0.15, 0.2) is 23.3 Å². The number of halogens is 5. The fourth-order valence-electron chi connectivity index (χ4n) is 2.04. The third-order valence-corrected chi connectivity index (χ3v) is 4.22. The maximum Gasteiger partial charge on any atom is 0.270 e. The topological polar surface area (TPSA) is 56.0 Å². The standard InChI is InChI=1S/C15H5F5N2O2S/c16-11-7(12(17)14(19)15(20)13(11)18)2-4-10-21-8-3-1-6(22(23)24)5-9(8)25-10/h1-5H. The van der Waals surface area contributed by atoms with E-state index in [-0.39, 0.29) is 10.7 Å². The first-order chi connectivity index (χ1) is 11.8. The van der Waals surface area contributed by atoms with Gasteiger partial charge in [-0.3, -0.25) is 10.1 Å². The Morgan fingerprint density at radius 3 is 2.16 bits per heavy atom. The average Bonchev–Trinajstić information content (AvgIpc) is 3.00. The molecule has 128 valence electrons. The van der Waals surface area contributed by atoms with Gasteiger partial charge in [0.25, 0.3) is 5.69 Å². The summed E-state index contributed by atoms with van der Waals surface area (Å²) in [6.07, 6.45) is 1.77. The number of aromatic nitrogens is 1. The van der Waals surface area contributed by atoms with Crippen molar-refractivity contribution in [1.29, 1.82) is 0 Å². The Labute approximate surface area is 140 Å². The van der Waals surface area contributed by atoms with Crippen molar-refractivity contribution < 1.29 is 26.9 Å². The molecule has 3 rings (SSSR count). The zero-order chi connectivity index (χ0) is 18.3. The lowest BCUT2D eigenvalue weighted by Crippen LogP contribution is -2.03. The van der Waals surface area contributed by atoms with Gasteiger partial charge in [0.2, 0.25) is 5.82 Å². The van der Waals surface area contributed by atoms with E-state index in [0.717, 1.165) is 17.4 Å². The molecular weight excluding hydrogens is 367 g/mol. The Kier molecular flexibility index (Phi) is 4.21. The summed E-state index contributed by atoms with van der Waals surface area (Å²) in [5.41, 5.74) is -0.860. The number of hydrogen-bond donors (Lipinski definition) is 0. The predicted octanol–water partition coefficient (Wildman–Crippen LogP) is 5.07. The van der Waals surface area contributed by atoms with Crippen LogP contribution < -0.4 is 0 Å². The van der Waals surface area contributed by atoms with Gasteiger partial charge in [0, 0.05) is 12.1 Å². The first-order valence-corrected chi connectivity index (χ1v) is 7.35. The SMILES string of the molecule is O=[N+]([O-])c1ccc2nc(C=Cc3c(F)c(F)c(F)c(F)c3F)sc2c1. The average molecular weight is 372 g/mol. The van der Waals surface area contributed by atoms with Gasteiger partial charge < -0.3 is 0 Å². The molecule has 25 heavy (non-hydrogen) atoms. The summed E-state index contributed by atoms with van der Waals surface area (Å²) >= 11 is 0.963. The summed E-state index contributed by atoms with van der Waals surface area (Å²) in [6, 6.07) is 3.89. The molecule has 0 saturated heterocycles. The number of rotatable bonds is 3. The molecule has 0 aliphatic rings. The van der Waals surface area contributed by atoms with Gasteiger partial charge in [0.1, 0.15) is 5.01 Å². The van der Waals surface area contributed by atoms with Crippen molar-refractivity contribution in [3.8, 4) is 0 Å². The first-order valence-electron chi connectivity index (χ1n) is 6.54. The molecule has 2 aromatic carbocycles. The van der Waals surface area contributed by atoms with Gasteiger partial charge in [-0.1, -0.05) is 0 Å². The molecule has 0 spiro atoms.